The van der Waals surface area contributed by atoms with Crippen molar-refractivity contribution in [3.63, 3.8) is 0 Å². The molecule has 20 heavy (non-hydrogen) atoms. The lowest BCUT2D eigenvalue weighted by Crippen LogP contribution is -2.55. The van der Waals surface area contributed by atoms with Crippen LogP contribution in [0, 0.1) is 5.82 Å². The minimum Gasteiger partial charge on any atom is -0.468 e. The molecule has 4 heteroatoms. The Hall–Kier alpha value is -1.42. The minimum absolute atomic E-state index is 0.130. The van der Waals surface area contributed by atoms with Crippen LogP contribution in [0.4, 0.5) is 4.39 Å². The highest BCUT2D eigenvalue weighted by molar-refractivity contribution is 5.81. The second-order valence-corrected chi connectivity index (χ2v) is 6.01. The van der Waals surface area contributed by atoms with Gasteiger partial charge in [0.15, 0.2) is 0 Å². The van der Waals surface area contributed by atoms with Crippen LogP contribution < -0.4 is 0 Å². The number of carbonyl (C=O) groups excluding carboxylic acids is 1. The van der Waals surface area contributed by atoms with E-state index in [4.69, 9.17) is 4.74 Å². The normalized spacial score (nSPS) is 33.1. The molecule has 2 fully saturated rings. The van der Waals surface area contributed by atoms with Crippen molar-refractivity contribution in [1.82, 2.24) is 4.90 Å². The van der Waals surface area contributed by atoms with Crippen molar-refractivity contribution in [2.24, 2.45) is 0 Å². The Morgan fingerprint density at radius 2 is 2.10 bits per heavy atom. The average Bonchev–Trinajstić information content (AvgIpc) is 2.66. The number of benzene rings is 1. The molecule has 0 saturated carbocycles. The van der Waals surface area contributed by atoms with E-state index >= 15 is 0 Å². The molecule has 2 heterocycles. The smallest absolute Gasteiger partial charge is 0.326 e. The van der Waals surface area contributed by atoms with Gasteiger partial charge in [-0.2, -0.15) is 0 Å². The molecule has 0 amide bonds. The molecule has 2 aliphatic heterocycles. The van der Waals surface area contributed by atoms with Crippen molar-refractivity contribution in [1.29, 1.82) is 0 Å². The van der Waals surface area contributed by atoms with Crippen molar-refractivity contribution < 1.29 is 13.9 Å². The van der Waals surface area contributed by atoms with E-state index in [0.29, 0.717) is 12.0 Å². The van der Waals surface area contributed by atoms with E-state index in [2.05, 4.69) is 4.90 Å². The molecule has 1 aromatic carbocycles. The lowest BCUT2D eigenvalue weighted by molar-refractivity contribution is -0.156. The first kappa shape index (κ1) is 13.6. The van der Waals surface area contributed by atoms with Gasteiger partial charge in [-0.15, -0.1) is 0 Å². The van der Waals surface area contributed by atoms with Gasteiger partial charge in [0, 0.05) is 6.04 Å². The predicted octanol–water partition coefficient (Wildman–Crippen LogP) is 2.71. The Labute approximate surface area is 118 Å². The number of ether oxygens (including phenoxy) is 1. The zero-order chi connectivity index (χ0) is 14.3. The van der Waals surface area contributed by atoms with Crippen LogP contribution in [0.25, 0.3) is 0 Å². The van der Waals surface area contributed by atoms with Crippen molar-refractivity contribution in [2.45, 2.75) is 43.2 Å². The molecule has 3 atom stereocenters. The van der Waals surface area contributed by atoms with E-state index in [0.717, 1.165) is 31.2 Å². The first-order chi connectivity index (χ1) is 9.56. The third kappa shape index (κ3) is 1.94. The Morgan fingerprint density at radius 1 is 1.40 bits per heavy atom. The van der Waals surface area contributed by atoms with Gasteiger partial charge >= 0.3 is 5.97 Å². The summed E-state index contributed by atoms with van der Waals surface area (Å²) in [6.07, 6.45) is 3.68. The van der Waals surface area contributed by atoms with Crippen LogP contribution in [0.5, 0.6) is 0 Å². The highest BCUT2D eigenvalue weighted by atomic mass is 19.1. The molecule has 0 radical (unpaired) electrons. The number of fused-ring (bicyclic) bond motifs is 2. The number of piperidine rings is 1. The van der Waals surface area contributed by atoms with Gasteiger partial charge in [-0.25, -0.2) is 4.39 Å². The van der Waals surface area contributed by atoms with Crippen molar-refractivity contribution in [3.8, 4) is 0 Å². The lowest BCUT2D eigenvalue weighted by atomic mass is 9.78. The molecule has 1 unspecified atom stereocenters. The monoisotopic (exact) mass is 277 g/mol. The van der Waals surface area contributed by atoms with Crippen molar-refractivity contribution >= 4 is 5.97 Å². The SMILES string of the molecule is COC(=O)[C@@]12CC[C@@H](CC(c3ccc(F)cc3)C1)N2C. The standard InChI is InChI=1S/C16H20FNO2/c1-18-14-7-8-16(18,15(19)20-2)10-12(9-14)11-3-5-13(17)6-4-11/h3-6,12,14H,7-10H2,1-2H3/t12?,14-,16+/m0/s1. The van der Waals surface area contributed by atoms with E-state index in [9.17, 15) is 9.18 Å². The summed E-state index contributed by atoms with van der Waals surface area (Å²) in [5.41, 5.74) is 0.635. The van der Waals surface area contributed by atoms with Gasteiger partial charge in [-0.1, -0.05) is 12.1 Å². The quantitative estimate of drug-likeness (QED) is 0.778. The number of hydrogen-bond acceptors (Lipinski definition) is 3. The van der Waals surface area contributed by atoms with Crippen LogP contribution in [0.15, 0.2) is 24.3 Å². The molecule has 0 aliphatic carbocycles. The van der Waals surface area contributed by atoms with Crippen LogP contribution in [-0.4, -0.2) is 36.6 Å². The molecule has 0 N–H and O–H groups in total. The second kappa shape index (κ2) is 4.85. The van der Waals surface area contributed by atoms with Gasteiger partial charge < -0.3 is 4.74 Å². The summed E-state index contributed by atoms with van der Waals surface area (Å²) in [7, 11) is 3.48. The third-order valence-electron chi connectivity index (χ3n) is 5.16. The summed E-state index contributed by atoms with van der Waals surface area (Å²) in [4.78, 5) is 14.5. The fourth-order valence-electron chi connectivity index (χ4n) is 3.97. The maximum atomic E-state index is 13.1. The number of likely N-dealkylation sites (N-methyl/N-ethyl adjacent to an activating group) is 1. The van der Waals surface area contributed by atoms with Gasteiger partial charge in [-0.3, -0.25) is 9.69 Å². The number of nitrogens with zero attached hydrogens (tertiary/aromatic N) is 1. The minimum atomic E-state index is -0.489. The summed E-state index contributed by atoms with van der Waals surface area (Å²) < 4.78 is 18.1. The van der Waals surface area contributed by atoms with E-state index in [1.807, 2.05) is 19.2 Å². The maximum Gasteiger partial charge on any atom is 0.326 e. The van der Waals surface area contributed by atoms with Crippen molar-refractivity contribution in [2.75, 3.05) is 14.2 Å². The number of esters is 1. The van der Waals surface area contributed by atoms with E-state index in [1.165, 1.54) is 19.2 Å². The number of rotatable bonds is 2. The maximum absolute atomic E-state index is 13.1. The van der Waals surface area contributed by atoms with Gasteiger partial charge in [0.1, 0.15) is 11.4 Å². The topological polar surface area (TPSA) is 29.5 Å². The van der Waals surface area contributed by atoms with Crippen LogP contribution in [0.3, 0.4) is 0 Å². The summed E-state index contributed by atoms with van der Waals surface area (Å²) >= 11 is 0. The molecule has 2 aliphatic rings. The summed E-state index contributed by atoms with van der Waals surface area (Å²) in [6, 6.07) is 7.10. The van der Waals surface area contributed by atoms with Crippen LogP contribution in [0.2, 0.25) is 0 Å². The molecule has 108 valence electrons. The predicted molar refractivity (Wildman–Crippen MR) is 73.9 cm³/mol. The molecule has 3 nitrogen and oxygen atoms in total. The lowest BCUT2D eigenvalue weighted by Gasteiger charge is -2.43. The Kier molecular flexibility index (Phi) is 3.28. The second-order valence-electron chi connectivity index (χ2n) is 6.01. The number of methoxy groups -OCH3 is 1. The van der Waals surface area contributed by atoms with Gasteiger partial charge in [0.2, 0.25) is 0 Å². The first-order valence-corrected chi connectivity index (χ1v) is 7.13. The highest BCUT2D eigenvalue weighted by Crippen LogP contribution is 2.49. The molecular formula is C16H20FNO2. The molecule has 1 aromatic rings. The number of hydrogen-bond donors (Lipinski definition) is 0. The van der Waals surface area contributed by atoms with E-state index in [1.54, 1.807) is 0 Å². The van der Waals surface area contributed by atoms with Crippen LogP contribution >= 0.6 is 0 Å². The molecule has 2 saturated heterocycles. The number of halogens is 1. The summed E-state index contributed by atoms with van der Waals surface area (Å²) in [6.45, 7) is 0. The van der Waals surface area contributed by atoms with Crippen LogP contribution in [0.1, 0.15) is 37.2 Å². The summed E-state index contributed by atoms with van der Waals surface area (Å²) in [5, 5.41) is 0. The van der Waals surface area contributed by atoms with E-state index in [-0.39, 0.29) is 11.8 Å². The Morgan fingerprint density at radius 3 is 2.75 bits per heavy atom. The first-order valence-electron chi connectivity index (χ1n) is 7.13. The van der Waals surface area contributed by atoms with E-state index < -0.39 is 5.54 Å². The molecule has 0 aromatic heterocycles. The molecular weight excluding hydrogens is 257 g/mol. The molecule has 0 spiro atoms. The van der Waals surface area contributed by atoms with Gasteiger partial charge in [0.25, 0.3) is 0 Å². The number of carbonyl (C=O) groups is 1. The Balaban J connectivity index is 1.90. The highest BCUT2D eigenvalue weighted by Gasteiger charge is 2.55. The Bertz CT molecular complexity index is 516. The molecule has 2 bridgehead atoms. The largest absolute Gasteiger partial charge is 0.468 e. The average molecular weight is 277 g/mol. The zero-order valence-electron chi connectivity index (χ0n) is 11.9. The van der Waals surface area contributed by atoms with Gasteiger partial charge in [0.05, 0.1) is 7.11 Å². The third-order valence-corrected chi connectivity index (χ3v) is 5.16. The fourth-order valence-corrected chi connectivity index (χ4v) is 3.97. The van der Waals surface area contributed by atoms with Crippen LogP contribution in [-0.2, 0) is 9.53 Å². The zero-order valence-corrected chi connectivity index (χ0v) is 11.9. The van der Waals surface area contributed by atoms with Gasteiger partial charge in [-0.05, 0) is 56.3 Å². The fraction of sp³-hybridized carbons (Fsp3) is 0.562. The molecule has 3 rings (SSSR count). The summed E-state index contributed by atoms with van der Waals surface area (Å²) in [5.74, 6) is -0.0416. The van der Waals surface area contributed by atoms with Crippen molar-refractivity contribution in [3.05, 3.63) is 35.6 Å².